The molecule has 0 aromatic heterocycles. The van der Waals surface area contributed by atoms with Crippen molar-refractivity contribution in [3.05, 3.63) is 0 Å². The predicted octanol–water partition coefficient (Wildman–Crippen LogP) is 2.74. The molecule has 1 N–H and O–H groups in total. The van der Waals surface area contributed by atoms with E-state index in [2.05, 4.69) is 26.1 Å². The van der Waals surface area contributed by atoms with Gasteiger partial charge in [-0.2, -0.15) is 0 Å². The normalized spacial score (nSPS) is 22.2. The largest absolute Gasteiger partial charge is 0.378 e. The molecule has 1 fully saturated rings. The first-order valence-corrected chi connectivity index (χ1v) is 7.19. The Morgan fingerprint density at radius 2 is 2.24 bits per heavy atom. The maximum absolute atomic E-state index is 5.69. The van der Waals surface area contributed by atoms with Gasteiger partial charge in [0.05, 0.1) is 18.8 Å². The van der Waals surface area contributed by atoms with Gasteiger partial charge in [0.25, 0.3) is 0 Å². The summed E-state index contributed by atoms with van der Waals surface area (Å²) >= 11 is 0. The van der Waals surface area contributed by atoms with E-state index in [9.17, 15) is 0 Å². The van der Waals surface area contributed by atoms with Gasteiger partial charge in [-0.15, -0.1) is 0 Å². The SMILES string of the molecule is CCNC(CCCC1CCCO1)COC(C)C. The van der Waals surface area contributed by atoms with Gasteiger partial charge in [0.2, 0.25) is 0 Å². The molecule has 0 saturated carbocycles. The minimum Gasteiger partial charge on any atom is -0.378 e. The third kappa shape index (κ3) is 7.02. The van der Waals surface area contributed by atoms with Crippen molar-refractivity contribution in [3.63, 3.8) is 0 Å². The van der Waals surface area contributed by atoms with Crippen molar-refractivity contribution in [1.82, 2.24) is 5.32 Å². The van der Waals surface area contributed by atoms with Crippen molar-refractivity contribution in [2.45, 2.75) is 71.1 Å². The molecule has 102 valence electrons. The predicted molar refractivity (Wildman–Crippen MR) is 71.4 cm³/mol. The van der Waals surface area contributed by atoms with E-state index in [-0.39, 0.29) is 0 Å². The van der Waals surface area contributed by atoms with Crippen LogP contribution in [-0.2, 0) is 9.47 Å². The molecule has 0 radical (unpaired) electrons. The molecule has 1 heterocycles. The van der Waals surface area contributed by atoms with E-state index in [0.29, 0.717) is 18.2 Å². The van der Waals surface area contributed by atoms with Gasteiger partial charge < -0.3 is 14.8 Å². The fourth-order valence-corrected chi connectivity index (χ4v) is 2.31. The van der Waals surface area contributed by atoms with Gasteiger partial charge in [0, 0.05) is 12.6 Å². The fraction of sp³-hybridized carbons (Fsp3) is 1.00. The van der Waals surface area contributed by atoms with E-state index in [1.54, 1.807) is 0 Å². The Kier molecular flexibility index (Phi) is 7.82. The Labute approximate surface area is 106 Å². The van der Waals surface area contributed by atoms with E-state index < -0.39 is 0 Å². The van der Waals surface area contributed by atoms with Crippen molar-refractivity contribution < 1.29 is 9.47 Å². The smallest absolute Gasteiger partial charge is 0.0623 e. The number of likely N-dealkylation sites (N-methyl/N-ethyl adjacent to an activating group) is 1. The number of hydrogen-bond acceptors (Lipinski definition) is 3. The molecule has 0 spiro atoms. The fourth-order valence-electron chi connectivity index (χ4n) is 2.31. The molecule has 0 bridgehead atoms. The average molecular weight is 243 g/mol. The van der Waals surface area contributed by atoms with Gasteiger partial charge in [-0.25, -0.2) is 0 Å². The highest BCUT2D eigenvalue weighted by atomic mass is 16.5. The summed E-state index contributed by atoms with van der Waals surface area (Å²) in [5, 5.41) is 3.50. The molecule has 0 amide bonds. The number of ether oxygens (including phenoxy) is 2. The second kappa shape index (κ2) is 8.90. The molecule has 3 heteroatoms. The molecule has 1 rings (SSSR count). The highest BCUT2D eigenvalue weighted by molar-refractivity contribution is 4.70. The van der Waals surface area contributed by atoms with Crippen LogP contribution >= 0.6 is 0 Å². The van der Waals surface area contributed by atoms with Crippen LogP contribution in [0.1, 0.15) is 52.9 Å². The van der Waals surface area contributed by atoms with Gasteiger partial charge >= 0.3 is 0 Å². The van der Waals surface area contributed by atoms with Crippen molar-refractivity contribution >= 4 is 0 Å². The second-order valence-corrected chi connectivity index (χ2v) is 5.20. The Morgan fingerprint density at radius 1 is 1.41 bits per heavy atom. The number of hydrogen-bond donors (Lipinski definition) is 1. The molecule has 0 aromatic carbocycles. The summed E-state index contributed by atoms with van der Waals surface area (Å²) in [6.45, 7) is 9.16. The molecule has 0 aromatic rings. The van der Waals surface area contributed by atoms with Crippen LogP contribution in [0.5, 0.6) is 0 Å². The first kappa shape index (κ1) is 14.9. The van der Waals surface area contributed by atoms with Crippen LogP contribution in [0.4, 0.5) is 0 Å². The van der Waals surface area contributed by atoms with Crippen LogP contribution in [0.15, 0.2) is 0 Å². The molecule has 2 unspecified atom stereocenters. The Bertz CT molecular complexity index is 179. The van der Waals surface area contributed by atoms with Gasteiger partial charge in [-0.1, -0.05) is 6.92 Å². The van der Waals surface area contributed by atoms with Gasteiger partial charge in [0.1, 0.15) is 0 Å². The van der Waals surface area contributed by atoms with Crippen LogP contribution in [-0.4, -0.2) is 38.0 Å². The van der Waals surface area contributed by atoms with E-state index in [1.165, 1.54) is 32.1 Å². The van der Waals surface area contributed by atoms with Crippen molar-refractivity contribution in [1.29, 1.82) is 0 Å². The summed E-state index contributed by atoms with van der Waals surface area (Å²) in [6, 6.07) is 0.504. The summed E-state index contributed by atoms with van der Waals surface area (Å²) in [4.78, 5) is 0. The molecule has 1 aliphatic heterocycles. The summed E-state index contributed by atoms with van der Waals surface area (Å²) in [5.74, 6) is 0. The lowest BCUT2D eigenvalue weighted by atomic mass is 10.1. The molecule has 3 nitrogen and oxygen atoms in total. The van der Waals surface area contributed by atoms with E-state index in [0.717, 1.165) is 19.8 Å². The molecule has 0 aliphatic carbocycles. The topological polar surface area (TPSA) is 30.5 Å². The lowest BCUT2D eigenvalue weighted by molar-refractivity contribution is 0.0570. The lowest BCUT2D eigenvalue weighted by Gasteiger charge is -2.20. The quantitative estimate of drug-likeness (QED) is 0.675. The second-order valence-electron chi connectivity index (χ2n) is 5.20. The van der Waals surface area contributed by atoms with Crippen LogP contribution in [0.2, 0.25) is 0 Å². The molecular weight excluding hydrogens is 214 g/mol. The zero-order valence-corrected chi connectivity index (χ0v) is 11.7. The van der Waals surface area contributed by atoms with Gasteiger partial charge in [-0.3, -0.25) is 0 Å². The highest BCUT2D eigenvalue weighted by Gasteiger charge is 2.16. The summed E-state index contributed by atoms with van der Waals surface area (Å²) < 4.78 is 11.3. The molecule has 2 atom stereocenters. The maximum Gasteiger partial charge on any atom is 0.0623 e. The van der Waals surface area contributed by atoms with Crippen molar-refractivity contribution in [3.8, 4) is 0 Å². The van der Waals surface area contributed by atoms with Gasteiger partial charge in [-0.05, 0) is 52.5 Å². The zero-order valence-electron chi connectivity index (χ0n) is 11.7. The van der Waals surface area contributed by atoms with E-state index in [1.807, 2.05) is 0 Å². The zero-order chi connectivity index (χ0) is 12.5. The number of nitrogens with one attached hydrogen (secondary N) is 1. The van der Waals surface area contributed by atoms with E-state index in [4.69, 9.17) is 9.47 Å². The Morgan fingerprint density at radius 3 is 2.82 bits per heavy atom. The van der Waals surface area contributed by atoms with Gasteiger partial charge in [0.15, 0.2) is 0 Å². The number of rotatable bonds is 9. The Hall–Kier alpha value is -0.120. The molecule has 17 heavy (non-hydrogen) atoms. The van der Waals surface area contributed by atoms with E-state index >= 15 is 0 Å². The minimum atomic E-state index is 0.328. The third-order valence-corrected chi connectivity index (χ3v) is 3.23. The average Bonchev–Trinajstić information content (AvgIpc) is 2.78. The molecule has 1 aliphatic rings. The maximum atomic E-state index is 5.69. The van der Waals surface area contributed by atoms with Crippen molar-refractivity contribution in [2.24, 2.45) is 0 Å². The van der Waals surface area contributed by atoms with Crippen molar-refractivity contribution in [2.75, 3.05) is 19.8 Å². The Balaban J connectivity index is 2.09. The standard InChI is InChI=1S/C14H29NO2/c1-4-15-13(11-17-12(2)3)7-5-8-14-9-6-10-16-14/h12-15H,4-11H2,1-3H3. The van der Waals surface area contributed by atoms with Crippen LogP contribution in [0.3, 0.4) is 0 Å². The summed E-state index contributed by atoms with van der Waals surface area (Å²) in [5.41, 5.74) is 0. The summed E-state index contributed by atoms with van der Waals surface area (Å²) in [7, 11) is 0. The first-order chi connectivity index (χ1) is 8.22. The monoisotopic (exact) mass is 243 g/mol. The summed E-state index contributed by atoms with van der Waals surface area (Å²) in [6.07, 6.45) is 7.01. The molecular formula is C14H29NO2. The highest BCUT2D eigenvalue weighted by Crippen LogP contribution is 2.18. The van der Waals surface area contributed by atoms with Crippen LogP contribution < -0.4 is 5.32 Å². The first-order valence-electron chi connectivity index (χ1n) is 7.19. The minimum absolute atomic E-state index is 0.328. The van der Waals surface area contributed by atoms with Crippen LogP contribution in [0.25, 0.3) is 0 Å². The third-order valence-electron chi connectivity index (χ3n) is 3.23. The van der Waals surface area contributed by atoms with Crippen LogP contribution in [0, 0.1) is 0 Å². The lowest BCUT2D eigenvalue weighted by Crippen LogP contribution is -2.34. The molecule has 1 saturated heterocycles.